The van der Waals surface area contributed by atoms with Crippen LogP contribution in [0.25, 0.3) is 0 Å². The lowest BCUT2D eigenvalue weighted by Crippen LogP contribution is -2.11. The molecule has 0 heterocycles. The van der Waals surface area contributed by atoms with E-state index in [4.69, 9.17) is 5.11 Å². The summed E-state index contributed by atoms with van der Waals surface area (Å²) in [6, 6.07) is 0.156. The van der Waals surface area contributed by atoms with Crippen molar-refractivity contribution in [3.8, 4) is 5.75 Å². The fourth-order valence-electron chi connectivity index (χ4n) is 0.979. The van der Waals surface area contributed by atoms with Crippen LogP contribution in [0.3, 0.4) is 0 Å². The molecule has 0 amide bonds. The summed E-state index contributed by atoms with van der Waals surface area (Å²) < 4.78 is 72.6. The summed E-state index contributed by atoms with van der Waals surface area (Å²) in [7, 11) is 0. The van der Waals surface area contributed by atoms with Crippen LogP contribution in [0.15, 0.2) is 16.6 Å². The maximum absolute atomic E-state index is 12.3. The Bertz CT molecular complexity index is 408. The molecule has 0 aliphatic heterocycles. The summed E-state index contributed by atoms with van der Waals surface area (Å²) in [4.78, 5) is 0. The Hall–Kier alpha value is -0.920. The zero-order valence-corrected chi connectivity index (χ0v) is 8.83. The van der Waals surface area contributed by atoms with Crippen molar-refractivity contribution in [2.45, 2.75) is 12.4 Å². The Kier molecular flexibility index (Phi) is 3.15. The Morgan fingerprint density at radius 3 is 1.81 bits per heavy atom. The van der Waals surface area contributed by atoms with Crippen molar-refractivity contribution in [1.82, 2.24) is 0 Å². The molecule has 0 aromatic heterocycles. The van der Waals surface area contributed by atoms with E-state index in [0.29, 0.717) is 0 Å². The Labute approximate surface area is 93.8 Å². The third-order valence-electron chi connectivity index (χ3n) is 1.69. The van der Waals surface area contributed by atoms with E-state index in [-0.39, 0.29) is 12.1 Å². The summed E-state index contributed by atoms with van der Waals surface area (Å²) in [5.74, 6) is -1.11. The summed E-state index contributed by atoms with van der Waals surface area (Å²) in [6.45, 7) is 0. The first-order valence-electron chi connectivity index (χ1n) is 3.70. The smallest absolute Gasteiger partial charge is 0.417 e. The van der Waals surface area contributed by atoms with Crippen molar-refractivity contribution in [2.75, 3.05) is 0 Å². The van der Waals surface area contributed by atoms with Gasteiger partial charge in [-0.1, -0.05) is 0 Å². The minimum Gasteiger partial charge on any atom is -0.507 e. The van der Waals surface area contributed by atoms with Crippen molar-refractivity contribution >= 4 is 15.9 Å². The van der Waals surface area contributed by atoms with Crippen LogP contribution in [0.2, 0.25) is 0 Å². The monoisotopic (exact) mass is 308 g/mol. The van der Waals surface area contributed by atoms with Gasteiger partial charge in [-0.05, 0) is 28.1 Å². The van der Waals surface area contributed by atoms with Gasteiger partial charge >= 0.3 is 12.4 Å². The SMILES string of the molecule is Oc1cc(C(F)(F)F)cc(C(F)(F)F)c1Br. The highest BCUT2D eigenvalue weighted by atomic mass is 79.9. The molecule has 0 saturated carbocycles. The molecular weight excluding hydrogens is 306 g/mol. The lowest BCUT2D eigenvalue weighted by atomic mass is 10.1. The Morgan fingerprint density at radius 2 is 1.44 bits per heavy atom. The average Bonchev–Trinajstić information content (AvgIpc) is 2.05. The van der Waals surface area contributed by atoms with Gasteiger partial charge < -0.3 is 5.11 Å². The first-order chi connectivity index (χ1) is 7.03. The molecule has 0 atom stereocenters. The molecule has 0 fully saturated rings. The van der Waals surface area contributed by atoms with Gasteiger partial charge in [0.15, 0.2) is 0 Å². The lowest BCUT2D eigenvalue weighted by Gasteiger charge is -2.14. The molecule has 0 bridgehead atoms. The van der Waals surface area contributed by atoms with Crippen LogP contribution in [0, 0.1) is 0 Å². The number of alkyl halides is 6. The summed E-state index contributed by atoms with van der Waals surface area (Å²) in [5.41, 5.74) is -3.12. The van der Waals surface area contributed by atoms with Crippen LogP contribution in [0.4, 0.5) is 26.3 Å². The maximum atomic E-state index is 12.3. The molecule has 0 saturated heterocycles. The molecule has 16 heavy (non-hydrogen) atoms. The molecule has 8 heteroatoms. The highest BCUT2D eigenvalue weighted by Gasteiger charge is 2.39. The standard InChI is InChI=1S/C8H3BrF6O/c9-6-4(8(13,14)15)1-3(2-5(6)16)7(10,11)12/h1-2,16H. The number of halogens is 7. The Balaban J connectivity index is 3.46. The van der Waals surface area contributed by atoms with Crippen molar-refractivity contribution in [3.05, 3.63) is 27.7 Å². The van der Waals surface area contributed by atoms with Crippen molar-refractivity contribution in [2.24, 2.45) is 0 Å². The molecule has 0 aliphatic rings. The number of aromatic hydroxyl groups is 1. The number of hydrogen-bond acceptors (Lipinski definition) is 1. The summed E-state index contributed by atoms with van der Waals surface area (Å²) in [5, 5.41) is 8.96. The second-order valence-corrected chi connectivity index (χ2v) is 3.65. The van der Waals surface area contributed by atoms with Gasteiger partial charge in [0, 0.05) is 0 Å². The largest absolute Gasteiger partial charge is 0.507 e. The number of rotatable bonds is 0. The van der Waals surface area contributed by atoms with Gasteiger partial charge in [-0.3, -0.25) is 0 Å². The number of benzene rings is 1. The average molecular weight is 309 g/mol. The molecule has 1 N–H and O–H groups in total. The summed E-state index contributed by atoms with van der Waals surface area (Å²) in [6.07, 6.45) is -9.92. The van der Waals surface area contributed by atoms with E-state index in [1.54, 1.807) is 0 Å². The molecular formula is C8H3BrF6O. The van der Waals surface area contributed by atoms with Gasteiger partial charge in [0.2, 0.25) is 0 Å². The van der Waals surface area contributed by atoms with Crippen LogP contribution in [0.1, 0.15) is 11.1 Å². The minimum absolute atomic E-state index is 0.0657. The molecule has 1 rings (SSSR count). The molecule has 0 spiro atoms. The van der Waals surface area contributed by atoms with E-state index >= 15 is 0 Å². The Morgan fingerprint density at radius 1 is 0.938 bits per heavy atom. The number of hydrogen-bond donors (Lipinski definition) is 1. The number of phenolic OH excluding ortho intramolecular Hbond substituents is 1. The fourth-order valence-corrected chi connectivity index (χ4v) is 1.43. The quantitative estimate of drug-likeness (QED) is 0.712. The van der Waals surface area contributed by atoms with E-state index in [1.807, 2.05) is 0 Å². The van der Waals surface area contributed by atoms with Crippen LogP contribution < -0.4 is 0 Å². The zero-order chi connectivity index (χ0) is 12.7. The van der Waals surface area contributed by atoms with Gasteiger partial charge in [0.25, 0.3) is 0 Å². The van der Waals surface area contributed by atoms with Gasteiger partial charge in [-0.2, -0.15) is 26.3 Å². The van der Waals surface area contributed by atoms with Gasteiger partial charge in [0.05, 0.1) is 15.6 Å². The summed E-state index contributed by atoms with van der Waals surface area (Å²) >= 11 is 2.38. The highest BCUT2D eigenvalue weighted by Crippen LogP contribution is 2.43. The van der Waals surface area contributed by atoms with Crippen LogP contribution in [-0.2, 0) is 12.4 Å². The molecule has 0 aliphatic carbocycles. The van der Waals surface area contributed by atoms with E-state index in [0.717, 1.165) is 0 Å². The van der Waals surface area contributed by atoms with E-state index in [9.17, 15) is 26.3 Å². The van der Waals surface area contributed by atoms with Crippen molar-refractivity contribution in [3.63, 3.8) is 0 Å². The number of phenols is 1. The molecule has 0 radical (unpaired) electrons. The van der Waals surface area contributed by atoms with Gasteiger partial charge in [-0.25, -0.2) is 0 Å². The predicted octanol–water partition coefficient (Wildman–Crippen LogP) is 4.19. The zero-order valence-electron chi connectivity index (χ0n) is 7.25. The van der Waals surface area contributed by atoms with Crippen molar-refractivity contribution < 1.29 is 31.4 Å². The van der Waals surface area contributed by atoms with Crippen molar-refractivity contribution in [1.29, 1.82) is 0 Å². The highest BCUT2D eigenvalue weighted by molar-refractivity contribution is 9.10. The van der Waals surface area contributed by atoms with Crippen LogP contribution in [-0.4, -0.2) is 5.11 Å². The van der Waals surface area contributed by atoms with Crippen LogP contribution in [0.5, 0.6) is 5.75 Å². The first-order valence-corrected chi connectivity index (χ1v) is 4.49. The molecule has 0 unspecified atom stereocenters. The van der Waals surface area contributed by atoms with E-state index < -0.39 is 33.7 Å². The normalized spacial score (nSPS) is 12.9. The molecule has 1 aromatic rings. The molecule has 1 nitrogen and oxygen atoms in total. The topological polar surface area (TPSA) is 20.2 Å². The second kappa shape index (κ2) is 3.83. The second-order valence-electron chi connectivity index (χ2n) is 2.85. The fraction of sp³-hybridized carbons (Fsp3) is 0.250. The third kappa shape index (κ3) is 2.60. The minimum atomic E-state index is -4.97. The van der Waals surface area contributed by atoms with E-state index in [2.05, 4.69) is 15.9 Å². The van der Waals surface area contributed by atoms with Crippen LogP contribution >= 0.6 is 15.9 Å². The predicted molar refractivity (Wildman–Crippen MR) is 45.8 cm³/mol. The third-order valence-corrected chi connectivity index (χ3v) is 2.52. The van der Waals surface area contributed by atoms with E-state index in [1.165, 1.54) is 0 Å². The lowest BCUT2D eigenvalue weighted by molar-refractivity contribution is -0.143. The van der Waals surface area contributed by atoms with Gasteiger partial charge in [-0.15, -0.1) is 0 Å². The first kappa shape index (κ1) is 13.1. The maximum Gasteiger partial charge on any atom is 0.417 e. The molecule has 90 valence electrons. The molecule has 1 aromatic carbocycles. The van der Waals surface area contributed by atoms with Gasteiger partial charge in [0.1, 0.15) is 5.75 Å².